The monoisotopic (exact) mass is 380 g/mol. The molecular weight excluding hydrogens is 363 g/mol. The molecule has 1 aliphatic rings. The number of aryl methyl sites for hydroxylation is 1. The number of fused-ring (bicyclic) bond motifs is 1. The summed E-state index contributed by atoms with van der Waals surface area (Å²) in [5, 5.41) is 3.30. The zero-order valence-corrected chi connectivity index (χ0v) is 15.1. The zero-order chi connectivity index (χ0) is 19.8. The molecule has 142 valence electrons. The Morgan fingerprint density at radius 2 is 1.79 bits per heavy atom. The summed E-state index contributed by atoms with van der Waals surface area (Å²) in [7, 11) is 0. The van der Waals surface area contributed by atoms with E-state index >= 15 is 0 Å². The van der Waals surface area contributed by atoms with Crippen molar-refractivity contribution in [2.75, 3.05) is 5.32 Å². The number of imide groups is 1. The Balaban J connectivity index is 1.48. The molecule has 0 bridgehead atoms. The maximum absolute atomic E-state index is 13.4. The van der Waals surface area contributed by atoms with Gasteiger partial charge in [-0.05, 0) is 42.8 Å². The third-order valence-corrected chi connectivity index (χ3v) is 4.81. The highest BCUT2D eigenvalue weighted by molar-refractivity contribution is 6.06. The van der Waals surface area contributed by atoms with Crippen LogP contribution in [0.25, 0.3) is 11.0 Å². The van der Waals surface area contributed by atoms with E-state index in [4.69, 9.17) is 4.42 Å². The summed E-state index contributed by atoms with van der Waals surface area (Å²) < 4.78 is 19.0. The third-order valence-electron chi connectivity index (χ3n) is 4.81. The van der Waals surface area contributed by atoms with Gasteiger partial charge in [-0.2, -0.15) is 0 Å². The number of anilines is 1. The molecular formula is C21H17FN2O4. The number of hydrogen-bond acceptors (Lipinski definition) is 4. The minimum Gasteiger partial charge on any atom is -0.451 e. The van der Waals surface area contributed by atoms with Crippen LogP contribution in [0.4, 0.5) is 10.1 Å². The van der Waals surface area contributed by atoms with Gasteiger partial charge in [0.25, 0.3) is 5.91 Å². The predicted octanol–water partition coefficient (Wildman–Crippen LogP) is 3.78. The fourth-order valence-electron chi connectivity index (χ4n) is 3.27. The van der Waals surface area contributed by atoms with Gasteiger partial charge >= 0.3 is 0 Å². The number of nitrogens with one attached hydrogen (secondary N) is 1. The van der Waals surface area contributed by atoms with Crippen LogP contribution in [0.3, 0.4) is 0 Å². The molecule has 2 heterocycles. The first kappa shape index (κ1) is 17.9. The second-order valence-corrected chi connectivity index (χ2v) is 6.72. The zero-order valence-electron chi connectivity index (χ0n) is 15.1. The molecule has 1 saturated heterocycles. The lowest BCUT2D eigenvalue weighted by Gasteiger charge is -2.14. The molecule has 0 aliphatic carbocycles. The molecule has 3 aromatic rings. The number of hydrogen-bond donors (Lipinski definition) is 1. The summed E-state index contributed by atoms with van der Waals surface area (Å²) in [4.78, 5) is 37.2. The average Bonchev–Trinajstić information content (AvgIpc) is 3.17. The molecule has 7 heteroatoms. The van der Waals surface area contributed by atoms with Crippen molar-refractivity contribution in [3.8, 4) is 0 Å². The predicted molar refractivity (Wildman–Crippen MR) is 100 cm³/mol. The van der Waals surface area contributed by atoms with E-state index in [-0.39, 0.29) is 37.0 Å². The van der Waals surface area contributed by atoms with E-state index in [2.05, 4.69) is 5.32 Å². The van der Waals surface area contributed by atoms with Gasteiger partial charge in [-0.25, -0.2) is 4.39 Å². The van der Waals surface area contributed by atoms with Gasteiger partial charge in [0.2, 0.25) is 11.8 Å². The Bertz CT molecular complexity index is 1090. The van der Waals surface area contributed by atoms with Crippen molar-refractivity contribution < 1.29 is 23.2 Å². The highest BCUT2D eigenvalue weighted by Gasteiger charge is 2.28. The standard InChI is InChI=1S/C21H17FN2O4/c1-12-16-10-14(22)4-7-17(16)28-20(12)21(27)23-15-5-2-13(3-6-15)11-24-18(25)8-9-19(24)26/h2-7,10H,8-9,11H2,1H3,(H,23,27). The summed E-state index contributed by atoms with van der Waals surface area (Å²) >= 11 is 0. The van der Waals surface area contributed by atoms with Gasteiger partial charge in [-0.1, -0.05) is 12.1 Å². The van der Waals surface area contributed by atoms with E-state index in [0.29, 0.717) is 22.2 Å². The van der Waals surface area contributed by atoms with Gasteiger partial charge in [0.1, 0.15) is 11.4 Å². The summed E-state index contributed by atoms with van der Waals surface area (Å²) in [6, 6.07) is 11.0. The van der Waals surface area contributed by atoms with Crippen LogP contribution < -0.4 is 5.32 Å². The molecule has 1 aliphatic heterocycles. The molecule has 0 spiro atoms. The average molecular weight is 380 g/mol. The van der Waals surface area contributed by atoms with Crippen LogP contribution >= 0.6 is 0 Å². The molecule has 4 rings (SSSR count). The SMILES string of the molecule is Cc1c(C(=O)Nc2ccc(CN3C(=O)CCC3=O)cc2)oc2ccc(F)cc12. The lowest BCUT2D eigenvalue weighted by atomic mass is 10.1. The maximum Gasteiger partial charge on any atom is 0.291 e. The molecule has 6 nitrogen and oxygen atoms in total. The number of carbonyl (C=O) groups is 3. The highest BCUT2D eigenvalue weighted by Crippen LogP contribution is 2.27. The Labute approximate surface area is 159 Å². The molecule has 0 saturated carbocycles. The van der Waals surface area contributed by atoms with Gasteiger partial charge in [-0.15, -0.1) is 0 Å². The quantitative estimate of drug-likeness (QED) is 0.699. The van der Waals surface area contributed by atoms with Crippen molar-refractivity contribution in [2.24, 2.45) is 0 Å². The second-order valence-electron chi connectivity index (χ2n) is 6.72. The highest BCUT2D eigenvalue weighted by atomic mass is 19.1. The van der Waals surface area contributed by atoms with Gasteiger partial charge in [-0.3, -0.25) is 19.3 Å². The van der Waals surface area contributed by atoms with Gasteiger partial charge < -0.3 is 9.73 Å². The Kier molecular flexibility index (Phi) is 4.43. The minimum atomic E-state index is -0.438. The topological polar surface area (TPSA) is 79.6 Å². The first-order valence-electron chi connectivity index (χ1n) is 8.84. The van der Waals surface area contributed by atoms with E-state index in [0.717, 1.165) is 5.56 Å². The van der Waals surface area contributed by atoms with E-state index in [1.165, 1.54) is 23.1 Å². The fraction of sp³-hybridized carbons (Fsp3) is 0.190. The first-order valence-corrected chi connectivity index (χ1v) is 8.84. The van der Waals surface area contributed by atoms with Gasteiger partial charge in [0, 0.05) is 29.5 Å². The number of nitrogens with zero attached hydrogens (tertiary/aromatic N) is 1. The van der Waals surface area contributed by atoms with Crippen molar-refractivity contribution in [3.05, 3.63) is 65.2 Å². The van der Waals surface area contributed by atoms with Crippen LogP contribution in [0.2, 0.25) is 0 Å². The summed E-state index contributed by atoms with van der Waals surface area (Å²) in [6.45, 7) is 1.92. The molecule has 2 aromatic carbocycles. The van der Waals surface area contributed by atoms with E-state index in [1.54, 1.807) is 31.2 Å². The molecule has 1 aromatic heterocycles. The van der Waals surface area contributed by atoms with Crippen molar-refractivity contribution in [2.45, 2.75) is 26.3 Å². The maximum atomic E-state index is 13.4. The number of likely N-dealkylation sites (tertiary alicyclic amines) is 1. The molecule has 0 radical (unpaired) electrons. The molecule has 0 atom stereocenters. The smallest absolute Gasteiger partial charge is 0.291 e. The lowest BCUT2D eigenvalue weighted by Crippen LogP contribution is -2.28. The van der Waals surface area contributed by atoms with Crippen LogP contribution in [-0.4, -0.2) is 22.6 Å². The van der Waals surface area contributed by atoms with Crippen LogP contribution in [0.1, 0.15) is 34.5 Å². The molecule has 28 heavy (non-hydrogen) atoms. The third kappa shape index (κ3) is 3.26. The van der Waals surface area contributed by atoms with Crippen LogP contribution in [0.15, 0.2) is 46.9 Å². The number of furan rings is 1. The van der Waals surface area contributed by atoms with Crippen LogP contribution in [0, 0.1) is 12.7 Å². The molecule has 3 amide bonds. The van der Waals surface area contributed by atoms with Crippen LogP contribution in [0.5, 0.6) is 0 Å². The second kappa shape index (κ2) is 6.92. The number of amides is 3. The first-order chi connectivity index (χ1) is 13.4. The molecule has 1 fully saturated rings. The normalized spacial score (nSPS) is 14.1. The van der Waals surface area contributed by atoms with Gasteiger partial charge in [0.15, 0.2) is 5.76 Å². The van der Waals surface area contributed by atoms with Crippen molar-refractivity contribution >= 4 is 34.4 Å². The summed E-state index contributed by atoms with van der Waals surface area (Å²) in [5.74, 6) is -1.04. The largest absolute Gasteiger partial charge is 0.451 e. The summed E-state index contributed by atoms with van der Waals surface area (Å²) in [6.07, 6.45) is 0.515. The number of halogens is 1. The Morgan fingerprint density at radius 1 is 1.11 bits per heavy atom. The minimum absolute atomic E-state index is 0.123. The van der Waals surface area contributed by atoms with Gasteiger partial charge in [0.05, 0.1) is 6.54 Å². The molecule has 1 N–H and O–H groups in total. The van der Waals surface area contributed by atoms with Crippen molar-refractivity contribution in [1.82, 2.24) is 4.90 Å². The van der Waals surface area contributed by atoms with E-state index in [1.807, 2.05) is 0 Å². The van der Waals surface area contributed by atoms with E-state index < -0.39 is 11.7 Å². The van der Waals surface area contributed by atoms with Crippen LogP contribution in [-0.2, 0) is 16.1 Å². The van der Waals surface area contributed by atoms with Crippen molar-refractivity contribution in [3.63, 3.8) is 0 Å². The Hall–Kier alpha value is -3.48. The number of carbonyl (C=O) groups excluding carboxylic acids is 3. The molecule has 0 unspecified atom stereocenters. The summed E-state index contributed by atoms with van der Waals surface area (Å²) in [5.41, 5.74) is 2.34. The fourth-order valence-corrected chi connectivity index (χ4v) is 3.27. The van der Waals surface area contributed by atoms with E-state index in [9.17, 15) is 18.8 Å². The Morgan fingerprint density at radius 3 is 2.46 bits per heavy atom. The number of benzene rings is 2. The number of rotatable bonds is 4. The lowest BCUT2D eigenvalue weighted by molar-refractivity contribution is -0.139. The van der Waals surface area contributed by atoms with Crippen molar-refractivity contribution in [1.29, 1.82) is 0 Å².